The van der Waals surface area contributed by atoms with Gasteiger partial charge < -0.3 is 20.3 Å². The molecule has 1 aromatic carbocycles. The molecule has 0 spiro atoms. The smallest absolute Gasteiger partial charge is 0.263 e. The molecule has 2 aliphatic rings. The van der Waals surface area contributed by atoms with Gasteiger partial charge in [-0.25, -0.2) is 9.97 Å². The zero-order valence-electron chi connectivity index (χ0n) is 23.7. The number of thiophene rings is 1. The van der Waals surface area contributed by atoms with Gasteiger partial charge >= 0.3 is 0 Å². The van der Waals surface area contributed by atoms with Crippen molar-refractivity contribution in [1.82, 2.24) is 15.3 Å². The zero-order valence-corrected chi connectivity index (χ0v) is 25.5. The Kier molecular flexibility index (Phi) is 7.03. The average Bonchev–Trinajstić information content (AvgIpc) is 3.27. The Bertz CT molecular complexity index is 1670. The number of methoxy groups -OCH3 is 1. The number of nitrogens with one attached hydrogen (secondary N) is 2. The van der Waals surface area contributed by atoms with Crippen molar-refractivity contribution in [1.29, 1.82) is 0 Å². The van der Waals surface area contributed by atoms with Crippen LogP contribution in [0, 0.1) is 11.5 Å². The molecule has 40 heavy (non-hydrogen) atoms. The molecule has 2 aliphatic heterocycles. The summed E-state index contributed by atoms with van der Waals surface area (Å²) in [6, 6.07) is 12.6. The highest BCUT2D eigenvalue weighted by Gasteiger charge is 2.25. The summed E-state index contributed by atoms with van der Waals surface area (Å²) in [6.07, 6.45) is 2.27. The molecule has 7 nitrogen and oxygen atoms in total. The fraction of sp³-hybridized carbons (Fsp3) is 0.387. The summed E-state index contributed by atoms with van der Waals surface area (Å²) < 4.78 is 6.67. The molecule has 4 aromatic rings. The van der Waals surface area contributed by atoms with E-state index in [0.717, 1.165) is 80.3 Å². The number of carbonyl (C=O) groups is 1. The summed E-state index contributed by atoms with van der Waals surface area (Å²) in [6.45, 7) is 11.3. The van der Waals surface area contributed by atoms with E-state index in [2.05, 4.69) is 83.0 Å². The third-order valence-electron chi connectivity index (χ3n) is 7.46. The average molecular weight is 570 g/mol. The van der Waals surface area contributed by atoms with Gasteiger partial charge in [-0.1, -0.05) is 25.6 Å². The van der Waals surface area contributed by atoms with Gasteiger partial charge in [0.25, 0.3) is 5.91 Å². The van der Waals surface area contributed by atoms with Crippen molar-refractivity contribution in [2.75, 3.05) is 37.0 Å². The molecule has 9 heteroatoms. The summed E-state index contributed by atoms with van der Waals surface area (Å²) in [4.78, 5) is 26.0. The molecule has 206 valence electrons. The first-order valence-corrected chi connectivity index (χ1v) is 18.2. The molecule has 0 radical (unpaired) electrons. The number of aromatic nitrogens is 2. The van der Waals surface area contributed by atoms with Crippen LogP contribution in [0.2, 0.25) is 19.6 Å². The molecular weight excluding hydrogens is 535 g/mol. The fourth-order valence-electron chi connectivity index (χ4n) is 5.35. The molecule has 1 fully saturated rings. The van der Waals surface area contributed by atoms with Gasteiger partial charge in [0.2, 0.25) is 0 Å². The monoisotopic (exact) mass is 569 g/mol. The summed E-state index contributed by atoms with van der Waals surface area (Å²) in [5.41, 5.74) is 7.98. The number of hydrogen-bond acceptors (Lipinski definition) is 7. The standard InChI is InChI=1S/C31H35N5O2SSi/c1-19-18-32-29-28-23-6-7-24(35-25(23)8-9-26(28)39-30(29)31(37)33-19)20-16-21(12-15-40(3,4)5)34-27(17-20)36-13-10-22(38-2)11-14-36/h6-9,16-17,19,22,32H,10-11,13-14,18H2,1-5H3,(H,33,37)/t19-/m1/s1. The Morgan fingerprint density at radius 3 is 2.65 bits per heavy atom. The molecule has 1 atom stereocenters. The predicted molar refractivity (Wildman–Crippen MR) is 168 cm³/mol. The molecule has 1 saturated heterocycles. The van der Waals surface area contributed by atoms with Crippen LogP contribution in [-0.2, 0) is 4.74 Å². The number of nitrogens with zero attached hydrogens (tertiary/aromatic N) is 3. The minimum absolute atomic E-state index is 0.0165. The van der Waals surface area contributed by atoms with E-state index in [9.17, 15) is 4.79 Å². The van der Waals surface area contributed by atoms with Crippen molar-refractivity contribution in [3.63, 3.8) is 0 Å². The lowest BCUT2D eigenvalue weighted by molar-refractivity contribution is 0.0818. The first-order chi connectivity index (χ1) is 19.2. The van der Waals surface area contributed by atoms with Crippen LogP contribution in [0.25, 0.3) is 32.2 Å². The summed E-state index contributed by atoms with van der Waals surface area (Å²) in [7, 11) is 0.224. The SMILES string of the molecule is COC1CCN(c2cc(-c3ccc4c(ccc5sc6c(c54)NC[C@@H](C)NC6=O)n3)cc(C#C[Si](C)(C)C)n2)CC1. The lowest BCUT2D eigenvalue weighted by Gasteiger charge is -2.32. The van der Waals surface area contributed by atoms with Gasteiger partial charge in [-0.3, -0.25) is 4.79 Å². The number of hydrogen-bond donors (Lipinski definition) is 2. The predicted octanol–water partition coefficient (Wildman–Crippen LogP) is 5.90. The van der Waals surface area contributed by atoms with Crippen molar-refractivity contribution in [2.45, 2.75) is 51.6 Å². The molecule has 6 rings (SSSR count). The molecule has 0 aliphatic carbocycles. The second-order valence-electron chi connectivity index (χ2n) is 11.8. The topological polar surface area (TPSA) is 79.4 Å². The van der Waals surface area contributed by atoms with Crippen molar-refractivity contribution in [3.8, 4) is 22.7 Å². The molecule has 2 N–H and O–H groups in total. The largest absolute Gasteiger partial charge is 0.381 e. The Balaban J connectivity index is 1.44. The number of benzene rings is 1. The molecule has 3 aromatic heterocycles. The highest BCUT2D eigenvalue weighted by atomic mass is 32.1. The van der Waals surface area contributed by atoms with Crippen molar-refractivity contribution in [2.24, 2.45) is 0 Å². The third-order valence-corrected chi connectivity index (χ3v) is 9.49. The number of piperidine rings is 1. The van der Waals surface area contributed by atoms with Crippen LogP contribution in [-0.4, -0.2) is 62.8 Å². The maximum Gasteiger partial charge on any atom is 0.263 e. The summed E-state index contributed by atoms with van der Waals surface area (Å²) >= 11 is 1.53. The highest BCUT2D eigenvalue weighted by Crippen LogP contribution is 2.41. The molecule has 0 bridgehead atoms. The van der Waals surface area contributed by atoms with E-state index in [4.69, 9.17) is 14.7 Å². The molecule has 1 amide bonds. The fourth-order valence-corrected chi connectivity index (χ4v) is 6.95. The number of fused-ring (bicyclic) bond motifs is 5. The van der Waals surface area contributed by atoms with E-state index >= 15 is 0 Å². The zero-order chi connectivity index (χ0) is 28.0. The normalized spacial score (nSPS) is 18.1. The van der Waals surface area contributed by atoms with E-state index in [1.165, 1.54) is 11.3 Å². The molecular formula is C31H35N5O2SSi. The molecule has 0 saturated carbocycles. The Morgan fingerprint density at radius 1 is 1.10 bits per heavy atom. The first kappa shape index (κ1) is 26.8. The lowest BCUT2D eigenvalue weighted by atomic mass is 10.0. The second-order valence-corrected chi connectivity index (χ2v) is 17.6. The van der Waals surface area contributed by atoms with Crippen LogP contribution in [0.15, 0.2) is 36.4 Å². The van der Waals surface area contributed by atoms with Gasteiger partial charge in [0.1, 0.15) is 24.5 Å². The number of ether oxygens (including phenoxy) is 1. The van der Waals surface area contributed by atoms with Crippen LogP contribution >= 0.6 is 11.3 Å². The van der Waals surface area contributed by atoms with Crippen LogP contribution in [0.5, 0.6) is 0 Å². The van der Waals surface area contributed by atoms with Gasteiger partial charge in [0, 0.05) is 53.8 Å². The van der Waals surface area contributed by atoms with Gasteiger partial charge in [-0.15, -0.1) is 16.9 Å². The Morgan fingerprint density at radius 2 is 1.90 bits per heavy atom. The van der Waals surface area contributed by atoms with E-state index in [0.29, 0.717) is 12.6 Å². The van der Waals surface area contributed by atoms with Crippen LogP contribution in [0.1, 0.15) is 35.1 Å². The minimum atomic E-state index is -1.57. The second kappa shape index (κ2) is 10.5. The lowest BCUT2D eigenvalue weighted by Crippen LogP contribution is -2.37. The number of pyridine rings is 2. The van der Waals surface area contributed by atoms with Crippen molar-refractivity contribution < 1.29 is 9.53 Å². The minimum Gasteiger partial charge on any atom is -0.381 e. The third kappa shape index (κ3) is 5.31. The summed E-state index contributed by atoms with van der Waals surface area (Å²) in [5.74, 6) is 4.30. The first-order valence-electron chi connectivity index (χ1n) is 13.9. The quantitative estimate of drug-likeness (QED) is 0.236. The van der Waals surface area contributed by atoms with Crippen molar-refractivity contribution in [3.05, 3.63) is 47.0 Å². The van der Waals surface area contributed by atoms with E-state index in [1.54, 1.807) is 7.11 Å². The van der Waals surface area contributed by atoms with E-state index in [1.807, 2.05) is 6.92 Å². The number of amides is 1. The van der Waals surface area contributed by atoms with Crippen molar-refractivity contribution >= 4 is 57.8 Å². The summed E-state index contributed by atoms with van der Waals surface area (Å²) in [5, 5.41) is 8.70. The maximum absolute atomic E-state index is 12.8. The molecule has 0 unspecified atom stereocenters. The number of anilines is 2. The Hall–Kier alpha value is -3.45. The van der Waals surface area contributed by atoms with Gasteiger partial charge in [-0.2, -0.15) is 0 Å². The highest BCUT2D eigenvalue weighted by molar-refractivity contribution is 7.21. The number of rotatable bonds is 3. The van der Waals surface area contributed by atoms with Crippen LogP contribution < -0.4 is 15.5 Å². The van der Waals surface area contributed by atoms with E-state index < -0.39 is 8.07 Å². The van der Waals surface area contributed by atoms with Gasteiger partial charge in [0.15, 0.2) is 0 Å². The Labute approximate surface area is 240 Å². The molecule has 5 heterocycles. The maximum atomic E-state index is 12.8. The van der Waals surface area contributed by atoms with E-state index in [-0.39, 0.29) is 11.9 Å². The van der Waals surface area contributed by atoms with Crippen LogP contribution in [0.4, 0.5) is 11.5 Å². The number of carbonyl (C=O) groups excluding carboxylic acids is 1. The van der Waals surface area contributed by atoms with Gasteiger partial charge in [0.05, 0.1) is 23.0 Å². The van der Waals surface area contributed by atoms with Crippen LogP contribution in [0.3, 0.4) is 0 Å². The van der Waals surface area contributed by atoms with Gasteiger partial charge in [-0.05, 0) is 56.2 Å².